The molecular formula is C26H26N4OS. The molecule has 0 fully saturated rings. The quantitative estimate of drug-likeness (QED) is 0.417. The fraction of sp³-hybridized carbons (Fsp3) is 0.192. The zero-order valence-corrected chi connectivity index (χ0v) is 18.9. The van der Waals surface area contributed by atoms with Crippen LogP contribution in [0, 0.1) is 6.92 Å². The van der Waals surface area contributed by atoms with Gasteiger partial charge in [-0.1, -0.05) is 48.5 Å². The predicted molar refractivity (Wildman–Crippen MR) is 134 cm³/mol. The summed E-state index contributed by atoms with van der Waals surface area (Å²) in [6.45, 7) is 3.71. The standard InChI is InChI=1S/C26H26N4OS/c1-19-9-10-22-15-23(25(31)29-24(22)14-19)18-30(17-21-8-5-12-27-16-21)26(32)28-13-11-20-6-3-2-4-7-20/h2-10,12,14-16H,11,13,17-18H2,1H3,(H,28,32)(H,29,31). The first kappa shape index (κ1) is 21.7. The minimum Gasteiger partial charge on any atom is -0.362 e. The van der Waals surface area contributed by atoms with E-state index in [4.69, 9.17) is 12.2 Å². The lowest BCUT2D eigenvalue weighted by molar-refractivity contribution is 0.397. The van der Waals surface area contributed by atoms with Gasteiger partial charge in [-0.25, -0.2) is 0 Å². The summed E-state index contributed by atoms with van der Waals surface area (Å²) in [5.74, 6) is 0. The monoisotopic (exact) mass is 442 g/mol. The van der Waals surface area contributed by atoms with Crippen LogP contribution in [0.15, 0.2) is 83.9 Å². The molecule has 0 saturated carbocycles. The number of nitrogens with zero attached hydrogens (tertiary/aromatic N) is 2. The number of H-pyrrole nitrogens is 1. The van der Waals surface area contributed by atoms with Gasteiger partial charge in [0.15, 0.2) is 5.11 Å². The molecule has 4 rings (SSSR count). The molecule has 0 spiro atoms. The highest BCUT2D eigenvalue weighted by molar-refractivity contribution is 7.80. The normalized spacial score (nSPS) is 10.8. The molecule has 0 aliphatic heterocycles. The van der Waals surface area contributed by atoms with Crippen LogP contribution < -0.4 is 10.9 Å². The molecular weight excluding hydrogens is 416 g/mol. The summed E-state index contributed by atoms with van der Waals surface area (Å²) in [6, 6.07) is 22.2. The molecule has 0 saturated heterocycles. The number of fused-ring (bicyclic) bond motifs is 1. The van der Waals surface area contributed by atoms with Crippen molar-refractivity contribution in [2.75, 3.05) is 6.54 Å². The Morgan fingerprint density at radius 2 is 1.84 bits per heavy atom. The van der Waals surface area contributed by atoms with Crippen LogP contribution in [-0.2, 0) is 19.5 Å². The van der Waals surface area contributed by atoms with Gasteiger partial charge in [-0.05, 0) is 65.8 Å². The van der Waals surface area contributed by atoms with Crippen LogP contribution >= 0.6 is 12.2 Å². The first-order chi connectivity index (χ1) is 15.6. The molecule has 0 bridgehead atoms. The molecule has 32 heavy (non-hydrogen) atoms. The minimum absolute atomic E-state index is 0.0913. The van der Waals surface area contributed by atoms with Crippen molar-refractivity contribution in [3.05, 3.63) is 112 Å². The Labute approximate surface area is 193 Å². The van der Waals surface area contributed by atoms with Crippen LogP contribution in [0.2, 0.25) is 0 Å². The molecule has 2 heterocycles. The van der Waals surface area contributed by atoms with Gasteiger partial charge >= 0.3 is 0 Å². The second-order valence-corrected chi connectivity index (χ2v) is 8.29. The highest BCUT2D eigenvalue weighted by Gasteiger charge is 2.14. The number of benzene rings is 2. The molecule has 5 nitrogen and oxygen atoms in total. The van der Waals surface area contributed by atoms with E-state index in [9.17, 15) is 4.79 Å². The van der Waals surface area contributed by atoms with Gasteiger partial charge in [0.2, 0.25) is 0 Å². The van der Waals surface area contributed by atoms with Gasteiger partial charge in [0.1, 0.15) is 0 Å². The average molecular weight is 443 g/mol. The Balaban J connectivity index is 1.53. The van der Waals surface area contributed by atoms with Gasteiger partial charge in [0.05, 0.1) is 6.54 Å². The Bertz CT molecular complexity index is 1260. The van der Waals surface area contributed by atoms with Gasteiger partial charge in [-0.3, -0.25) is 9.78 Å². The highest BCUT2D eigenvalue weighted by Crippen LogP contribution is 2.15. The van der Waals surface area contributed by atoms with Gasteiger partial charge < -0.3 is 15.2 Å². The zero-order chi connectivity index (χ0) is 22.3. The summed E-state index contributed by atoms with van der Waals surface area (Å²) in [4.78, 5) is 22.0. The summed E-state index contributed by atoms with van der Waals surface area (Å²) in [7, 11) is 0. The van der Waals surface area contributed by atoms with Gasteiger partial charge in [0.25, 0.3) is 5.56 Å². The number of aromatic amines is 1. The maximum atomic E-state index is 12.8. The molecule has 4 aromatic rings. The van der Waals surface area contributed by atoms with Crippen LogP contribution in [-0.4, -0.2) is 26.5 Å². The zero-order valence-electron chi connectivity index (χ0n) is 18.0. The van der Waals surface area contributed by atoms with Crippen LogP contribution in [0.4, 0.5) is 0 Å². The number of thiocarbonyl (C=S) groups is 1. The maximum absolute atomic E-state index is 12.8. The molecule has 0 aliphatic carbocycles. The van der Waals surface area contributed by atoms with E-state index in [0.29, 0.717) is 23.8 Å². The van der Waals surface area contributed by atoms with Crippen molar-refractivity contribution in [3.8, 4) is 0 Å². The Morgan fingerprint density at radius 1 is 1.03 bits per heavy atom. The smallest absolute Gasteiger partial charge is 0.253 e. The fourth-order valence-corrected chi connectivity index (χ4v) is 3.90. The summed E-state index contributed by atoms with van der Waals surface area (Å²) < 4.78 is 0. The number of aryl methyl sites for hydroxylation is 1. The molecule has 162 valence electrons. The van der Waals surface area contributed by atoms with E-state index in [1.54, 1.807) is 6.20 Å². The first-order valence-corrected chi connectivity index (χ1v) is 11.1. The van der Waals surface area contributed by atoms with E-state index in [-0.39, 0.29) is 5.56 Å². The summed E-state index contributed by atoms with van der Waals surface area (Å²) in [5.41, 5.74) is 4.84. The molecule has 0 radical (unpaired) electrons. The predicted octanol–water partition coefficient (Wildman–Crippen LogP) is 4.35. The van der Waals surface area contributed by atoms with Crippen LogP contribution in [0.25, 0.3) is 10.9 Å². The van der Waals surface area contributed by atoms with Crippen molar-refractivity contribution >= 4 is 28.2 Å². The van der Waals surface area contributed by atoms with Crippen molar-refractivity contribution in [3.63, 3.8) is 0 Å². The van der Waals surface area contributed by atoms with E-state index in [2.05, 4.69) is 27.4 Å². The van der Waals surface area contributed by atoms with Crippen LogP contribution in [0.5, 0.6) is 0 Å². The third-order valence-electron chi connectivity index (χ3n) is 5.36. The summed E-state index contributed by atoms with van der Waals surface area (Å²) in [6.07, 6.45) is 4.45. The molecule has 2 aromatic heterocycles. The number of hydrogen-bond acceptors (Lipinski definition) is 3. The lowest BCUT2D eigenvalue weighted by atomic mass is 10.1. The van der Waals surface area contributed by atoms with E-state index < -0.39 is 0 Å². The second-order valence-electron chi connectivity index (χ2n) is 7.90. The van der Waals surface area contributed by atoms with E-state index in [1.807, 2.05) is 72.6 Å². The molecule has 0 amide bonds. The third-order valence-corrected chi connectivity index (χ3v) is 5.76. The number of rotatable bonds is 7. The number of nitrogens with one attached hydrogen (secondary N) is 2. The van der Waals surface area contributed by atoms with E-state index >= 15 is 0 Å². The van der Waals surface area contributed by atoms with Crippen LogP contribution in [0.1, 0.15) is 22.3 Å². The Kier molecular flexibility index (Phi) is 6.92. The molecule has 0 atom stereocenters. The SMILES string of the molecule is Cc1ccc2cc(CN(Cc3cccnc3)C(=S)NCCc3ccccc3)c(=O)[nH]c2c1. The van der Waals surface area contributed by atoms with Gasteiger partial charge in [0, 0.05) is 36.6 Å². The number of pyridine rings is 2. The molecule has 2 aromatic carbocycles. The average Bonchev–Trinajstić information content (AvgIpc) is 2.80. The number of aromatic nitrogens is 2. The largest absolute Gasteiger partial charge is 0.362 e. The topological polar surface area (TPSA) is 61.0 Å². The Hall–Kier alpha value is -3.51. The van der Waals surface area contributed by atoms with Crippen molar-refractivity contribution < 1.29 is 0 Å². The highest BCUT2D eigenvalue weighted by atomic mass is 32.1. The molecule has 6 heteroatoms. The van der Waals surface area contributed by atoms with Crippen molar-refractivity contribution in [2.45, 2.75) is 26.4 Å². The second kappa shape index (κ2) is 10.2. The third kappa shape index (κ3) is 5.59. The maximum Gasteiger partial charge on any atom is 0.253 e. The van der Waals surface area contributed by atoms with Gasteiger partial charge in [-0.2, -0.15) is 0 Å². The van der Waals surface area contributed by atoms with Crippen LogP contribution in [0.3, 0.4) is 0 Å². The summed E-state index contributed by atoms with van der Waals surface area (Å²) in [5, 5.41) is 4.99. The van der Waals surface area contributed by atoms with E-state index in [1.165, 1.54) is 5.56 Å². The molecule has 0 aliphatic rings. The molecule has 2 N–H and O–H groups in total. The van der Waals surface area contributed by atoms with Crippen molar-refractivity contribution in [1.29, 1.82) is 0 Å². The lowest BCUT2D eigenvalue weighted by Crippen LogP contribution is -2.40. The van der Waals surface area contributed by atoms with Crippen molar-refractivity contribution in [1.82, 2.24) is 20.2 Å². The van der Waals surface area contributed by atoms with Gasteiger partial charge in [-0.15, -0.1) is 0 Å². The minimum atomic E-state index is -0.0913. The summed E-state index contributed by atoms with van der Waals surface area (Å²) >= 11 is 5.73. The number of hydrogen-bond donors (Lipinski definition) is 2. The van der Waals surface area contributed by atoms with E-state index in [0.717, 1.165) is 35.0 Å². The van der Waals surface area contributed by atoms with Crippen molar-refractivity contribution in [2.24, 2.45) is 0 Å². The molecule has 0 unspecified atom stereocenters. The Morgan fingerprint density at radius 3 is 2.62 bits per heavy atom. The fourth-order valence-electron chi connectivity index (χ4n) is 3.66. The first-order valence-electron chi connectivity index (χ1n) is 10.7. The lowest BCUT2D eigenvalue weighted by Gasteiger charge is -2.26.